The molecular formula is C16H26N2O2. The van der Waals surface area contributed by atoms with E-state index in [2.05, 4.69) is 24.0 Å². The van der Waals surface area contributed by atoms with Gasteiger partial charge >= 0.3 is 0 Å². The summed E-state index contributed by atoms with van der Waals surface area (Å²) in [6.45, 7) is 5.18. The maximum absolute atomic E-state index is 10.3. The van der Waals surface area contributed by atoms with Crippen LogP contribution in [-0.4, -0.2) is 54.5 Å². The molecule has 0 saturated carbocycles. The highest BCUT2D eigenvalue weighted by Gasteiger charge is 2.25. The standard InChI is InChI=1S/C16H26N2O2/c1-2-14-12-20-9-8-18(14)11-16(19)15(17)10-13-6-4-3-5-7-13/h3-7,14-16,19H,2,8-12,17H2,1H3. The minimum absolute atomic E-state index is 0.224. The Labute approximate surface area is 121 Å². The summed E-state index contributed by atoms with van der Waals surface area (Å²) in [7, 11) is 0. The van der Waals surface area contributed by atoms with Gasteiger partial charge in [0, 0.05) is 25.2 Å². The Hall–Kier alpha value is -0.940. The van der Waals surface area contributed by atoms with Crippen LogP contribution in [0.4, 0.5) is 0 Å². The monoisotopic (exact) mass is 278 g/mol. The van der Waals surface area contributed by atoms with Crippen LogP contribution >= 0.6 is 0 Å². The summed E-state index contributed by atoms with van der Waals surface area (Å²) in [6.07, 6.45) is 1.26. The van der Waals surface area contributed by atoms with Gasteiger partial charge in [-0.3, -0.25) is 4.90 Å². The van der Waals surface area contributed by atoms with Crippen molar-refractivity contribution < 1.29 is 9.84 Å². The molecule has 3 unspecified atom stereocenters. The first-order chi connectivity index (χ1) is 9.70. The third-order valence-electron chi connectivity index (χ3n) is 4.05. The van der Waals surface area contributed by atoms with Gasteiger partial charge in [-0.1, -0.05) is 37.3 Å². The van der Waals surface area contributed by atoms with E-state index in [1.807, 2.05) is 18.2 Å². The Morgan fingerprint density at radius 3 is 2.85 bits per heavy atom. The molecule has 1 saturated heterocycles. The van der Waals surface area contributed by atoms with Crippen molar-refractivity contribution in [3.05, 3.63) is 35.9 Å². The lowest BCUT2D eigenvalue weighted by atomic mass is 10.0. The van der Waals surface area contributed by atoms with E-state index in [-0.39, 0.29) is 6.04 Å². The highest BCUT2D eigenvalue weighted by Crippen LogP contribution is 2.12. The summed E-state index contributed by atoms with van der Waals surface area (Å²) in [5.74, 6) is 0. The smallest absolute Gasteiger partial charge is 0.0821 e. The zero-order chi connectivity index (χ0) is 14.4. The van der Waals surface area contributed by atoms with E-state index in [0.29, 0.717) is 19.0 Å². The molecule has 20 heavy (non-hydrogen) atoms. The summed E-state index contributed by atoms with van der Waals surface area (Å²) in [5, 5.41) is 10.3. The third kappa shape index (κ3) is 4.28. The van der Waals surface area contributed by atoms with Crippen LogP contribution in [0.5, 0.6) is 0 Å². The lowest BCUT2D eigenvalue weighted by Gasteiger charge is -2.37. The largest absolute Gasteiger partial charge is 0.390 e. The molecule has 1 aliphatic rings. The van der Waals surface area contributed by atoms with Gasteiger partial charge in [0.15, 0.2) is 0 Å². The Balaban J connectivity index is 1.85. The molecule has 1 aliphatic heterocycles. The van der Waals surface area contributed by atoms with Crippen molar-refractivity contribution in [2.75, 3.05) is 26.3 Å². The van der Waals surface area contributed by atoms with Gasteiger partial charge in [0.25, 0.3) is 0 Å². The van der Waals surface area contributed by atoms with E-state index in [1.165, 1.54) is 5.56 Å². The normalized spacial score (nSPS) is 23.4. The molecule has 4 heteroatoms. The Kier molecular flexibility index (Phi) is 5.98. The highest BCUT2D eigenvalue weighted by molar-refractivity contribution is 5.16. The zero-order valence-electron chi connectivity index (χ0n) is 12.2. The predicted octanol–water partition coefficient (Wildman–Crippen LogP) is 1.03. The molecule has 1 fully saturated rings. The van der Waals surface area contributed by atoms with Crippen LogP contribution in [0.15, 0.2) is 30.3 Å². The van der Waals surface area contributed by atoms with Crippen molar-refractivity contribution >= 4 is 0 Å². The first-order valence-electron chi connectivity index (χ1n) is 7.50. The van der Waals surface area contributed by atoms with Gasteiger partial charge in [0.2, 0.25) is 0 Å². The van der Waals surface area contributed by atoms with Crippen LogP contribution in [0.2, 0.25) is 0 Å². The van der Waals surface area contributed by atoms with Crippen molar-refractivity contribution in [1.29, 1.82) is 0 Å². The third-order valence-corrected chi connectivity index (χ3v) is 4.05. The molecule has 1 heterocycles. The van der Waals surface area contributed by atoms with Crippen LogP contribution in [0.3, 0.4) is 0 Å². The SMILES string of the molecule is CCC1COCCN1CC(O)C(N)Cc1ccccc1. The summed E-state index contributed by atoms with van der Waals surface area (Å²) < 4.78 is 5.49. The molecule has 0 aromatic heterocycles. The molecule has 0 bridgehead atoms. The van der Waals surface area contributed by atoms with Gasteiger partial charge in [-0.05, 0) is 18.4 Å². The minimum atomic E-state index is -0.498. The van der Waals surface area contributed by atoms with Crippen molar-refractivity contribution in [2.45, 2.75) is 38.0 Å². The molecule has 1 aromatic carbocycles. The lowest BCUT2D eigenvalue weighted by Crippen LogP contribution is -2.52. The quantitative estimate of drug-likeness (QED) is 0.816. The fourth-order valence-corrected chi connectivity index (χ4v) is 2.70. The number of aliphatic hydroxyl groups excluding tert-OH is 1. The molecule has 0 spiro atoms. The number of hydrogen-bond donors (Lipinski definition) is 2. The number of β-amino-alcohol motifs (C(OH)–C–C–N with tert-alkyl or cyclic N) is 1. The van der Waals surface area contributed by atoms with Crippen LogP contribution in [0, 0.1) is 0 Å². The second-order valence-corrected chi connectivity index (χ2v) is 5.55. The van der Waals surface area contributed by atoms with E-state index < -0.39 is 6.10 Å². The second kappa shape index (κ2) is 7.74. The van der Waals surface area contributed by atoms with Gasteiger partial charge in [-0.2, -0.15) is 0 Å². The molecule has 0 aliphatic carbocycles. The fourth-order valence-electron chi connectivity index (χ4n) is 2.70. The number of morpholine rings is 1. The van der Waals surface area contributed by atoms with Gasteiger partial charge in [0.1, 0.15) is 0 Å². The number of rotatable bonds is 6. The maximum atomic E-state index is 10.3. The van der Waals surface area contributed by atoms with Crippen molar-refractivity contribution in [2.24, 2.45) is 5.73 Å². The first kappa shape index (κ1) is 15.4. The molecule has 0 amide bonds. The van der Waals surface area contributed by atoms with Crippen LogP contribution in [0.25, 0.3) is 0 Å². The minimum Gasteiger partial charge on any atom is -0.390 e. The number of hydrogen-bond acceptors (Lipinski definition) is 4. The van der Waals surface area contributed by atoms with E-state index in [9.17, 15) is 5.11 Å². The molecule has 112 valence electrons. The van der Waals surface area contributed by atoms with E-state index >= 15 is 0 Å². The van der Waals surface area contributed by atoms with Crippen molar-refractivity contribution in [3.63, 3.8) is 0 Å². The molecule has 3 atom stereocenters. The number of aliphatic hydroxyl groups is 1. The maximum Gasteiger partial charge on any atom is 0.0821 e. The van der Waals surface area contributed by atoms with Gasteiger partial charge in [0.05, 0.1) is 19.3 Å². The van der Waals surface area contributed by atoms with Gasteiger partial charge in [-0.15, -0.1) is 0 Å². The van der Waals surface area contributed by atoms with E-state index in [1.54, 1.807) is 0 Å². The number of nitrogens with two attached hydrogens (primary N) is 1. The van der Waals surface area contributed by atoms with Gasteiger partial charge < -0.3 is 15.6 Å². The molecule has 3 N–H and O–H groups in total. The molecule has 4 nitrogen and oxygen atoms in total. The van der Waals surface area contributed by atoms with Crippen molar-refractivity contribution in [3.8, 4) is 0 Å². The van der Waals surface area contributed by atoms with Gasteiger partial charge in [-0.25, -0.2) is 0 Å². The Morgan fingerprint density at radius 1 is 1.40 bits per heavy atom. The Morgan fingerprint density at radius 2 is 2.15 bits per heavy atom. The summed E-state index contributed by atoms with van der Waals surface area (Å²) >= 11 is 0. The summed E-state index contributed by atoms with van der Waals surface area (Å²) in [4.78, 5) is 2.30. The average Bonchev–Trinajstić information content (AvgIpc) is 2.48. The topological polar surface area (TPSA) is 58.7 Å². The highest BCUT2D eigenvalue weighted by atomic mass is 16.5. The summed E-state index contributed by atoms with van der Waals surface area (Å²) in [5.41, 5.74) is 7.32. The van der Waals surface area contributed by atoms with E-state index in [0.717, 1.165) is 26.2 Å². The van der Waals surface area contributed by atoms with Crippen LogP contribution in [0.1, 0.15) is 18.9 Å². The number of benzene rings is 1. The average molecular weight is 278 g/mol. The van der Waals surface area contributed by atoms with Crippen LogP contribution < -0.4 is 5.73 Å². The lowest BCUT2D eigenvalue weighted by molar-refractivity contribution is -0.0306. The second-order valence-electron chi connectivity index (χ2n) is 5.55. The molecule has 1 aromatic rings. The predicted molar refractivity (Wildman–Crippen MR) is 80.6 cm³/mol. The number of nitrogens with zero attached hydrogens (tertiary/aromatic N) is 1. The molecular weight excluding hydrogens is 252 g/mol. The number of ether oxygens (including phenoxy) is 1. The fraction of sp³-hybridized carbons (Fsp3) is 0.625. The first-order valence-corrected chi connectivity index (χ1v) is 7.50. The van der Waals surface area contributed by atoms with E-state index in [4.69, 9.17) is 10.5 Å². The molecule has 2 rings (SSSR count). The van der Waals surface area contributed by atoms with Crippen molar-refractivity contribution in [1.82, 2.24) is 4.90 Å². The zero-order valence-corrected chi connectivity index (χ0v) is 12.2. The summed E-state index contributed by atoms with van der Waals surface area (Å²) in [6, 6.07) is 10.3. The van der Waals surface area contributed by atoms with Crippen LogP contribution in [-0.2, 0) is 11.2 Å². The Bertz CT molecular complexity index is 385. The molecule has 0 radical (unpaired) electrons.